The lowest BCUT2D eigenvalue weighted by atomic mass is 9.95. The molecule has 0 fully saturated rings. The Labute approximate surface area is 221 Å². The first-order valence-corrected chi connectivity index (χ1v) is 12.2. The molecule has 1 aliphatic heterocycles. The monoisotopic (exact) mass is 570 g/mol. The van der Waals surface area contributed by atoms with Crippen molar-refractivity contribution in [2.75, 3.05) is 38.8 Å². The summed E-state index contributed by atoms with van der Waals surface area (Å²) >= 11 is 1.29. The maximum Gasteiger partial charge on any atom is 0.420 e. The van der Waals surface area contributed by atoms with Crippen molar-refractivity contribution in [1.29, 1.82) is 0 Å². The molecule has 0 unspecified atom stereocenters. The van der Waals surface area contributed by atoms with E-state index in [-0.39, 0.29) is 12.4 Å². The van der Waals surface area contributed by atoms with E-state index in [4.69, 9.17) is 9.47 Å². The number of alkyl halides is 6. The fourth-order valence-electron chi connectivity index (χ4n) is 3.23. The van der Waals surface area contributed by atoms with Crippen molar-refractivity contribution in [2.24, 2.45) is 5.41 Å². The molecular formula is C25H29F7N2O3S. The van der Waals surface area contributed by atoms with Crippen LogP contribution in [0, 0.1) is 11.2 Å². The van der Waals surface area contributed by atoms with Crippen LogP contribution in [0.1, 0.15) is 32.8 Å². The first-order chi connectivity index (χ1) is 17.5. The van der Waals surface area contributed by atoms with Crippen LogP contribution in [0.15, 0.2) is 41.3 Å². The summed E-state index contributed by atoms with van der Waals surface area (Å²) in [6, 6.07) is 8.00. The molecule has 2 aromatic rings. The summed E-state index contributed by atoms with van der Waals surface area (Å²) in [4.78, 5) is 14.2. The van der Waals surface area contributed by atoms with Gasteiger partial charge >= 0.3 is 18.3 Å². The second kappa shape index (κ2) is 12.5. The molecule has 0 saturated heterocycles. The van der Waals surface area contributed by atoms with Gasteiger partial charge in [0.1, 0.15) is 18.2 Å². The van der Waals surface area contributed by atoms with E-state index in [0.29, 0.717) is 29.4 Å². The van der Waals surface area contributed by atoms with Gasteiger partial charge in [0.2, 0.25) is 0 Å². The first kappa shape index (κ1) is 31.5. The highest BCUT2D eigenvalue weighted by atomic mass is 32.2. The number of benzene rings is 2. The Morgan fingerprint density at radius 3 is 2.11 bits per heavy atom. The molecule has 0 saturated carbocycles. The standard InChI is InChI=1S/C22H24F4N2O3S.C3H5F3/c1-21(2,20(29)30-4)13-31-18-12-19-17(11-16(18)22(24,25)26)28(10-9-27(3)32-19)15-7-5-14(23)6-8-15;1-2-3(4,5)6/h5-8,11-12H,9-10,13H2,1-4H3;2H2,1H3. The van der Waals surface area contributed by atoms with Crippen LogP contribution in [0.25, 0.3) is 0 Å². The number of methoxy groups -OCH3 is 1. The molecule has 3 rings (SSSR count). The van der Waals surface area contributed by atoms with Crippen LogP contribution in [0.3, 0.4) is 0 Å². The lowest BCUT2D eigenvalue weighted by Gasteiger charge is -2.27. The normalized spacial score (nSPS) is 14.7. The molecular weight excluding hydrogens is 541 g/mol. The van der Waals surface area contributed by atoms with Crippen LogP contribution in [0.2, 0.25) is 0 Å². The third kappa shape index (κ3) is 8.69. The van der Waals surface area contributed by atoms with Gasteiger partial charge in [-0.1, -0.05) is 6.92 Å². The Hall–Kier alpha value is -2.67. The number of carbonyl (C=O) groups is 1. The minimum Gasteiger partial charge on any atom is -0.492 e. The highest BCUT2D eigenvalue weighted by Gasteiger charge is 2.38. The summed E-state index contributed by atoms with van der Waals surface area (Å²) < 4.78 is 99.8. The predicted octanol–water partition coefficient (Wildman–Crippen LogP) is 7.47. The van der Waals surface area contributed by atoms with Crippen molar-refractivity contribution >= 4 is 29.3 Å². The molecule has 13 heteroatoms. The number of ether oxygens (including phenoxy) is 2. The Bertz CT molecular complexity index is 1090. The van der Waals surface area contributed by atoms with Gasteiger partial charge in [-0.25, -0.2) is 8.70 Å². The largest absolute Gasteiger partial charge is 0.492 e. The molecule has 0 atom stereocenters. The molecule has 2 aromatic carbocycles. The van der Waals surface area contributed by atoms with Crippen LogP contribution >= 0.6 is 11.9 Å². The maximum absolute atomic E-state index is 14.0. The molecule has 1 heterocycles. The fourth-order valence-corrected chi connectivity index (χ4v) is 4.16. The second-order valence-electron chi connectivity index (χ2n) is 9.02. The van der Waals surface area contributed by atoms with Crippen molar-refractivity contribution in [3.8, 4) is 5.75 Å². The lowest BCUT2D eigenvalue weighted by molar-refractivity contribution is -0.152. The summed E-state index contributed by atoms with van der Waals surface area (Å²) in [6.07, 6.45) is -9.37. The summed E-state index contributed by atoms with van der Waals surface area (Å²) in [5.41, 5.74) is -1.15. The van der Waals surface area contributed by atoms with Crippen molar-refractivity contribution in [2.45, 2.75) is 44.4 Å². The lowest BCUT2D eigenvalue weighted by Crippen LogP contribution is -2.32. The molecule has 38 heavy (non-hydrogen) atoms. The number of likely N-dealkylation sites (N-methyl/N-ethyl adjacent to an activating group) is 1. The van der Waals surface area contributed by atoms with Gasteiger partial charge in [-0.2, -0.15) is 26.3 Å². The zero-order chi connectivity index (χ0) is 28.9. The smallest absolute Gasteiger partial charge is 0.420 e. The molecule has 0 N–H and O–H groups in total. The number of nitrogens with zero attached hydrogens (tertiary/aromatic N) is 2. The average Bonchev–Trinajstić information content (AvgIpc) is 2.99. The molecule has 5 nitrogen and oxygen atoms in total. The SMILES string of the molecule is CCC(F)(F)F.COC(=O)C(C)(C)COc1cc2c(cc1C(F)(F)F)N(c1ccc(F)cc1)CCN(C)S2. The number of hydrogen-bond donors (Lipinski definition) is 0. The number of fused-ring (bicyclic) bond motifs is 1. The van der Waals surface area contributed by atoms with Gasteiger partial charge in [0.15, 0.2) is 0 Å². The highest BCUT2D eigenvalue weighted by Crippen LogP contribution is 2.46. The fraction of sp³-hybridized carbons (Fsp3) is 0.480. The third-order valence-corrected chi connectivity index (χ3v) is 6.43. The van der Waals surface area contributed by atoms with Crippen molar-refractivity contribution in [1.82, 2.24) is 4.31 Å². The van der Waals surface area contributed by atoms with E-state index in [9.17, 15) is 35.5 Å². The molecule has 0 spiro atoms. The quantitative estimate of drug-likeness (QED) is 0.211. The molecule has 1 aliphatic rings. The summed E-state index contributed by atoms with van der Waals surface area (Å²) in [5.74, 6) is -1.38. The average molecular weight is 571 g/mol. The van der Waals surface area contributed by atoms with Gasteiger partial charge in [0.25, 0.3) is 0 Å². The van der Waals surface area contributed by atoms with Crippen molar-refractivity contribution < 1.29 is 45.0 Å². The van der Waals surface area contributed by atoms with Gasteiger partial charge in [-0.3, -0.25) is 4.79 Å². The minimum absolute atomic E-state index is 0.288. The van der Waals surface area contributed by atoms with E-state index in [2.05, 4.69) is 0 Å². The Kier molecular flexibility index (Phi) is 10.3. The van der Waals surface area contributed by atoms with Crippen LogP contribution in [0.4, 0.5) is 42.1 Å². The van der Waals surface area contributed by atoms with Crippen LogP contribution in [-0.4, -0.2) is 50.3 Å². The summed E-state index contributed by atoms with van der Waals surface area (Å²) in [7, 11) is 3.05. The Morgan fingerprint density at radius 2 is 1.61 bits per heavy atom. The van der Waals surface area contributed by atoms with E-state index in [1.54, 1.807) is 4.90 Å². The van der Waals surface area contributed by atoms with Gasteiger partial charge in [0, 0.05) is 25.2 Å². The van der Waals surface area contributed by atoms with Gasteiger partial charge < -0.3 is 14.4 Å². The van der Waals surface area contributed by atoms with Gasteiger partial charge in [0.05, 0.1) is 28.7 Å². The van der Waals surface area contributed by atoms with Crippen LogP contribution in [0.5, 0.6) is 5.75 Å². The van der Waals surface area contributed by atoms with Crippen molar-refractivity contribution in [3.63, 3.8) is 0 Å². The number of halogens is 7. The van der Waals surface area contributed by atoms with E-state index in [1.807, 2.05) is 11.4 Å². The van der Waals surface area contributed by atoms with Crippen molar-refractivity contribution in [3.05, 3.63) is 47.8 Å². The highest BCUT2D eigenvalue weighted by molar-refractivity contribution is 7.97. The molecule has 0 bridgehead atoms. The topological polar surface area (TPSA) is 42.0 Å². The van der Waals surface area contributed by atoms with Gasteiger partial charge in [-0.05, 0) is 69.2 Å². The van der Waals surface area contributed by atoms with Crippen LogP contribution in [-0.2, 0) is 15.7 Å². The second-order valence-corrected chi connectivity index (χ2v) is 10.3. The summed E-state index contributed by atoms with van der Waals surface area (Å²) in [5, 5.41) is 0. The number of rotatable bonds is 5. The molecule has 0 aliphatic carbocycles. The zero-order valence-corrected chi connectivity index (χ0v) is 22.3. The molecule has 212 valence electrons. The van der Waals surface area contributed by atoms with Gasteiger partial charge in [-0.15, -0.1) is 0 Å². The first-order valence-electron chi connectivity index (χ1n) is 11.4. The Morgan fingerprint density at radius 1 is 1.03 bits per heavy atom. The van der Waals surface area contributed by atoms with Crippen LogP contribution < -0.4 is 9.64 Å². The van der Waals surface area contributed by atoms with E-state index < -0.39 is 41.5 Å². The Balaban J connectivity index is 0.000000757. The van der Waals surface area contributed by atoms with E-state index >= 15 is 0 Å². The molecule has 0 aromatic heterocycles. The van der Waals surface area contributed by atoms with E-state index in [1.165, 1.54) is 63.2 Å². The number of carbonyl (C=O) groups excluding carboxylic acids is 1. The maximum atomic E-state index is 14.0. The van der Waals surface area contributed by atoms with E-state index in [0.717, 1.165) is 13.0 Å². The predicted molar refractivity (Wildman–Crippen MR) is 131 cm³/mol. The number of anilines is 2. The zero-order valence-electron chi connectivity index (χ0n) is 21.5. The number of esters is 1. The molecule has 0 amide bonds. The summed E-state index contributed by atoms with van der Waals surface area (Å²) in [6.45, 7) is 4.84. The molecule has 0 radical (unpaired) electrons. The third-order valence-electron chi connectivity index (χ3n) is 5.42. The minimum atomic E-state index is -4.68. The number of hydrogen-bond acceptors (Lipinski definition) is 6.